The van der Waals surface area contributed by atoms with Gasteiger partial charge in [-0.1, -0.05) is 115 Å². The van der Waals surface area contributed by atoms with Crippen molar-refractivity contribution in [1.82, 2.24) is 9.13 Å². The highest BCUT2D eigenvalue weighted by Gasteiger charge is 2.27. The Labute approximate surface area is 344 Å². The molecule has 1 aliphatic heterocycles. The largest absolute Gasteiger partial charge is 0.507 e. The van der Waals surface area contributed by atoms with E-state index in [2.05, 4.69) is 174 Å². The predicted molar refractivity (Wildman–Crippen MR) is 246 cm³/mol. The molecule has 0 fully saturated rings. The molecule has 0 atom stereocenters. The molecule has 0 bridgehead atoms. The van der Waals surface area contributed by atoms with Crippen molar-refractivity contribution < 1.29 is 14.3 Å². The van der Waals surface area contributed by atoms with Gasteiger partial charge in [-0.15, -0.1) is 0 Å². The van der Waals surface area contributed by atoms with E-state index in [1.807, 2.05) is 30.3 Å². The number of hydrogen-bond donors (Lipinski definition) is 1. The molecule has 3 aromatic heterocycles. The monoisotopic (exact) mass is 767 g/mol. The summed E-state index contributed by atoms with van der Waals surface area (Å²) in [5, 5.41) is 19.0. The van der Waals surface area contributed by atoms with Crippen LogP contribution in [0.4, 0.5) is 0 Å². The zero-order chi connectivity index (χ0) is 39.5. The molecule has 4 heterocycles. The van der Waals surface area contributed by atoms with E-state index >= 15 is 0 Å². The number of phenolic OH excluding ortho intramolecular Hbond substituents is 1. The fraction of sp³-hybridized carbons (Fsp3) is 0. The van der Waals surface area contributed by atoms with Crippen LogP contribution in [-0.2, 0) is 0 Å². The number of furan rings is 1. The highest BCUT2D eigenvalue weighted by molar-refractivity contribution is 6.71. The normalized spacial score (nSPS) is 12.3. The lowest BCUT2D eigenvalue weighted by molar-refractivity contribution is 0.477. The van der Waals surface area contributed by atoms with E-state index in [1.165, 1.54) is 21.5 Å². The number of fused-ring (bicyclic) bond motifs is 11. The molecule has 0 saturated heterocycles. The number of aromatic nitrogens is 2. The summed E-state index contributed by atoms with van der Waals surface area (Å²) < 4.78 is 18.1. The van der Waals surface area contributed by atoms with Crippen molar-refractivity contribution in [2.45, 2.75) is 0 Å². The molecule has 0 saturated carbocycles. The number of phenols is 1. The van der Waals surface area contributed by atoms with Crippen molar-refractivity contribution >= 4 is 83.8 Å². The molecule has 1 N–H and O–H groups in total. The first-order valence-corrected chi connectivity index (χ1v) is 20.2. The first kappa shape index (κ1) is 33.1. The number of para-hydroxylation sites is 6. The second-order valence-corrected chi connectivity index (χ2v) is 15.6. The summed E-state index contributed by atoms with van der Waals surface area (Å²) in [6.07, 6.45) is 0. The van der Waals surface area contributed by atoms with E-state index in [-0.39, 0.29) is 5.75 Å². The number of aromatic hydroxyl groups is 1. The van der Waals surface area contributed by atoms with Gasteiger partial charge in [-0.3, -0.25) is 0 Å². The minimum atomic E-state index is 0.177. The third kappa shape index (κ3) is 4.76. The third-order valence-electron chi connectivity index (χ3n) is 12.3. The summed E-state index contributed by atoms with van der Waals surface area (Å²) in [5.74, 6) is 1.64. The van der Waals surface area contributed by atoms with Gasteiger partial charge in [0.2, 0.25) is 7.28 Å². The van der Waals surface area contributed by atoms with Gasteiger partial charge in [-0.25, -0.2) is 0 Å². The summed E-state index contributed by atoms with van der Waals surface area (Å²) in [6.45, 7) is 0. The Kier molecular flexibility index (Phi) is 6.90. The molecule has 5 nitrogen and oxygen atoms in total. The molecular formula is C54H32BN2O3. The molecule has 0 amide bonds. The molecule has 0 unspecified atom stereocenters. The van der Waals surface area contributed by atoms with Crippen LogP contribution < -0.4 is 15.7 Å². The van der Waals surface area contributed by atoms with E-state index in [4.69, 9.17) is 9.15 Å². The van der Waals surface area contributed by atoms with Crippen molar-refractivity contribution in [3.05, 3.63) is 188 Å². The maximum Gasteiger partial charge on any atom is 0.202 e. The molecule has 9 aromatic carbocycles. The zero-order valence-corrected chi connectivity index (χ0v) is 32.1. The van der Waals surface area contributed by atoms with E-state index < -0.39 is 0 Å². The first-order chi connectivity index (χ1) is 29.7. The van der Waals surface area contributed by atoms with Crippen molar-refractivity contribution in [2.24, 2.45) is 0 Å². The van der Waals surface area contributed by atoms with Gasteiger partial charge < -0.3 is 23.4 Å². The van der Waals surface area contributed by atoms with Crippen LogP contribution >= 0.6 is 0 Å². The highest BCUT2D eigenvalue weighted by atomic mass is 16.5. The van der Waals surface area contributed by atoms with E-state index in [0.717, 1.165) is 88.7 Å². The maximum absolute atomic E-state index is 12.1. The predicted octanol–water partition coefficient (Wildman–Crippen LogP) is 12.6. The SMILES string of the molecule is Oc1cc(-n2c3ccccc3c3ccccc32)ccc1-c1cc(-c2cccc3c2oc2ccccc23)cc2c1[B]c1ccc(-n3c4ccccc4c4ccccc43)cc1O2. The Balaban J connectivity index is 0.998. The standard InChI is InChI=1S/C54H32BN2O3/c58-49-30-33(56-45-19-6-1-12-36(45)37-13-2-7-20-46(37)56)24-26-40(49)43-28-32(35-17-11-18-42-41-16-5-10-23-50(41)60-54(35)42)29-52-53(43)55-44-27-25-34(31-51(44)59-52)57-47-21-8-3-14-38(47)39-15-4-9-22-48(39)57/h1-31,58H. The number of ether oxygens (including phenoxy) is 1. The van der Waals surface area contributed by atoms with E-state index in [9.17, 15) is 5.11 Å². The molecule has 6 heteroatoms. The first-order valence-electron chi connectivity index (χ1n) is 20.2. The molecule has 13 rings (SSSR count). The highest BCUT2D eigenvalue weighted by Crippen LogP contribution is 2.43. The quantitative estimate of drug-likeness (QED) is 0.182. The van der Waals surface area contributed by atoms with Crippen LogP contribution in [0.3, 0.4) is 0 Å². The van der Waals surface area contributed by atoms with Crippen molar-refractivity contribution in [2.75, 3.05) is 0 Å². The number of hydrogen-bond acceptors (Lipinski definition) is 3. The van der Waals surface area contributed by atoms with Gasteiger partial charge in [0, 0.05) is 67.0 Å². The number of rotatable bonds is 4. The van der Waals surface area contributed by atoms with E-state index in [0.29, 0.717) is 11.3 Å². The summed E-state index contributed by atoms with van der Waals surface area (Å²) in [7, 11) is 2.19. The molecule has 279 valence electrons. The van der Waals surface area contributed by atoms with Gasteiger partial charge in [0.25, 0.3) is 0 Å². The van der Waals surface area contributed by atoms with Crippen molar-refractivity contribution in [3.8, 4) is 50.9 Å². The Morgan fingerprint density at radius 1 is 0.417 bits per heavy atom. The van der Waals surface area contributed by atoms with Crippen LogP contribution in [0.1, 0.15) is 0 Å². The molecule has 1 aliphatic rings. The van der Waals surface area contributed by atoms with Crippen molar-refractivity contribution in [1.29, 1.82) is 0 Å². The number of benzene rings is 9. The maximum atomic E-state index is 12.1. The van der Waals surface area contributed by atoms with Gasteiger partial charge >= 0.3 is 0 Å². The Hall–Kier alpha value is -7.96. The van der Waals surface area contributed by atoms with Crippen LogP contribution in [0.25, 0.3) is 99.2 Å². The van der Waals surface area contributed by atoms with Crippen molar-refractivity contribution in [3.63, 3.8) is 0 Å². The topological polar surface area (TPSA) is 52.5 Å². The van der Waals surface area contributed by atoms with Gasteiger partial charge in [-0.05, 0) is 82.7 Å². The summed E-state index contributed by atoms with van der Waals surface area (Å²) in [6, 6.07) is 65.1. The molecule has 1 radical (unpaired) electrons. The Bertz CT molecular complexity index is 3650. The lowest BCUT2D eigenvalue weighted by Crippen LogP contribution is -2.35. The Morgan fingerprint density at radius 2 is 0.967 bits per heavy atom. The zero-order valence-electron chi connectivity index (χ0n) is 32.1. The molecule has 0 aliphatic carbocycles. The minimum Gasteiger partial charge on any atom is -0.507 e. The minimum absolute atomic E-state index is 0.177. The fourth-order valence-electron chi connectivity index (χ4n) is 9.64. The molecule has 60 heavy (non-hydrogen) atoms. The van der Waals surface area contributed by atoms with Crippen LogP contribution in [0.15, 0.2) is 192 Å². The average molecular weight is 768 g/mol. The fourth-order valence-corrected chi connectivity index (χ4v) is 9.64. The lowest BCUT2D eigenvalue weighted by atomic mass is 9.59. The van der Waals surface area contributed by atoms with Gasteiger partial charge in [0.05, 0.1) is 22.1 Å². The second-order valence-electron chi connectivity index (χ2n) is 15.6. The third-order valence-corrected chi connectivity index (χ3v) is 12.3. The van der Waals surface area contributed by atoms with Crippen LogP contribution in [0.2, 0.25) is 0 Å². The lowest BCUT2D eigenvalue weighted by Gasteiger charge is -2.25. The Morgan fingerprint density at radius 3 is 1.60 bits per heavy atom. The van der Waals surface area contributed by atoms with E-state index in [1.54, 1.807) is 0 Å². The second kappa shape index (κ2) is 12.5. The van der Waals surface area contributed by atoms with Gasteiger partial charge in [-0.2, -0.15) is 0 Å². The number of nitrogens with zero attached hydrogens (tertiary/aromatic N) is 2. The smallest absolute Gasteiger partial charge is 0.202 e. The summed E-state index contributed by atoms with van der Waals surface area (Å²) in [5.41, 5.74) is 13.3. The summed E-state index contributed by atoms with van der Waals surface area (Å²) >= 11 is 0. The molecule has 0 spiro atoms. The average Bonchev–Trinajstić information content (AvgIpc) is 3.96. The van der Waals surface area contributed by atoms with Gasteiger partial charge in [0.1, 0.15) is 28.4 Å². The van der Waals surface area contributed by atoms with Gasteiger partial charge in [0.15, 0.2) is 0 Å². The molecular weight excluding hydrogens is 735 g/mol. The summed E-state index contributed by atoms with van der Waals surface area (Å²) in [4.78, 5) is 0. The van der Waals surface area contributed by atoms with Crippen LogP contribution in [0, 0.1) is 0 Å². The molecule has 12 aromatic rings. The van der Waals surface area contributed by atoms with Crippen LogP contribution in [0.5, 0.6) is 17.2 Å². The van der Waals surface area contributed by atoms with Crippen LogP contribution in [-0.4, -0.2) is 21.5 Å².